The van der Waals surface area contributed by atoms with Crippen LogP contribution in [0.5, 0.6) is 0 Å². The molecule has 106 valence electrons. The first-order valence-electron chi connectivity index (χ1n) is 6.96. The second kappa shape index (κ2) is 6.10. The van der Waals surface area contributed by atoms with Crippen LogP contribution >= 0.6 is 0 Å². The molecule has 1 nitrogen and oxygen atoms in total. The summed E-state index contributed by atoms with van der Waals surface area (Å²) in [7, 11) is -0.825. The van der Waals surface area contributed by atoms with Crippen LogP contribution in [-0.4, -0.2) is 23.3 Å². The van der Waals surface area contributed by atoms with Gasteiger partial charge in [-0.2, -0.15) is 0 Å². The van der Waals surface area contributed by atoms with Crippen molar-refractivity contribution in [2.75, 3.05) is 7.11 Å². The van der Waals surface area contributed by atoms with Gasteiger partial charge in [0, 0.05) is 16.1 Å². The third-order valence-corrected chi connectivity index (χ3v) is 12.7. The lowest BCUT2D eigenvalue weighted by molar-refractivity contribution is 0.339. The second-order valence-corrected chi connectivity index (χ2v) is 18.5. The molecule has 19 heavy (non-hydrogen) atoms. The van der Waals surface area contributed by atoms with Crippen molar-refractivity contribution in [1.82, 2.24) is 0 Å². The number of allylic oxidation sites excluding steroid dienone is 1. The van der Waals surface area contributed by atoms with E-state index in [1.54, 1.807) is 7.11 Å². The first-order valence-corrected chi connectivity index (χ1v) is 14.1. The number of benzene rings is 1. The van der Waals surface area contributed by atoms with Gasteiger partial charge in [0.15, 0.2) is 0 Å². The first kappa shape index (κ1) is 16.2. The highest BCUT2D eigenvalue weighted by Gasteiger charge is 2.40. The number of hydrogen-bond acceptors (Lipinski definition) is 1. The van der Waals surface area contributed by atoms with Gasteiger partial charge in [0.05, 0.1) is 13.4 Å². The SMILES string of the molecule is CO/C=C(/c1ccccc1)C([Si](C)(C)C)[Si](C)(C)C. The topological polar surface area (TPSA) is 9.23 Å². The maximum Gasteiger partial charge on any atom is 0.0859 e. The van der Waals surface area contributed by atoms with E-state index in [9.17, 15) is 0 Å². The Balaban J connectivity index is 3.35. The second-order valence-electron chi connectivity index (χ2n) is 7.34. The Morgan fingerprint density at radius 2 is 1.42 bits per heavy atom. The molecule has 1 aromatic carbocycles. The van der Waals surface area contributed by atoms with E-state index >= 15 is 0 Å². The van der Waals surface area contributed by atoms with Gasteiger partial charge in [-0.1, -0.05) is 69.6 Å². The normalized spacial score (nSPS) is 13.8. The number of hydrogen-bond donors (Lipinski definition) is 0. The van der Waals surface area contributed by atoms with Crippen molar-refractivity contribution >= 4 is 21.7 Å². The fraction of sp³-hybridized carbons (Fsp3) is 0.500. The van der Waals surface area contributed by atoms with Crippen molar-refractivity contribution in [3.05, 3.63) is 42.2 Å². The van der Waals surface area contributed by atoms with E-state index in [2.05, 4.69) is 69.6 Å². The van der Waals surface area contributed by atoms with E-state index in [-0.39, 0.29) is 0 Å². The third-order valence-electron chi connectivity index (χ3n) is 3.39. The van der Waals surface area contributed by atoms with Gasteiger partial charge in [-0.05, 0) is 16.3 Å². The van der Waals surface area contributed by atoms with E-state index in [1.165, 1.54) is 11.1 Å². The van der Waals surface area contributed by atoms with Crippen molar-refractivity contribution in [2.24, 2.45) is 0 Å². The van der Waals surface area contributed by atoms with E-state index in [4.69, 9.17) is 4.74 Å². The van der Waals surface area contributed by atoms with Crippen molar-refractivity contribution in [2.45, 2.75) is 44.4 Å². The zero-order valence-electron chi connectivity index (χ0n) is 13.4. The Morgan fingerprint density at radius 3 is 1.79 bits per heavy atom. The molecule has 3 heteroatoms. The highest BCUT2D eigenvalue weighted by atomic mass is 28.4. The van der Waals surface area contributed by atoms with E-state index in [0.29, 0.717) is 5.16 Å². The lowest BCUT2D eigenvalue weighted by Gasteiger charge is -2.40. The molecule has 0 spiro atoms. The van der Waals surface area contributed by atoms with Crippen LogP contribution < -0.4 is 0 Å². The minimum atomic E-state index is -1.29. The van der Waals surface area contributed by atoms with Gasteiger partial charge in [0.25, 0.3) is 0 Å². The van der Waals surface area contributed by atoms with Gasteiger partial charge in [-0.25, -0.2) is 0 Å². The van der Waals surface area contributed by atoms with E-state index < -0.39 is 16.1 Å². The molecule has 0 bridgehead atoms. The van der Waals surface area contributed by atoms with Crippen LogP contribution in [0.2, 0.25) is 44.4 Å². The van der Waals surface area contributed by atoms with Crippen molar-refractivity contribution in [3.63, 3.8) is 0 Å². The van der Waals surface area contributed by atoms with Crippen LogP contribution in [0.3, 0.4) is 0 Å². The molecule has 0 aliphatic heterocycles. The predicted molar refractivity (Wildman–Crippen MR) is 91.9 cm³/mol. The summed E-state index contributed by atoms with van der Waals surface area (Å²) in [4.78, 5) is 0. The standard InChI is InChI=1S/C16H28OSi2/c1-17-13-15(14-11-9-8-10-12-14)16(18(2,3)4)19(5,6)7/h8-13,16H,1-7H3/b15-13-. The summed E-state index contributed by atoms with van der Waals surface area (Å²) in [5.74, 6) is 0. The lowest BCUT2D eigenvalue weighted by atomic mass is 10.1. The van der Waals surface area contributed by atoms with E-state index in [1.807, 2.05) is 6.26 Å². The smallest absolute Gasteiger partial charge is 0.0859 e. The summed E-state index contributed by atoms with van der Waals surface area (Å²) in [5, 5.41) is 0.697. The molecular weight excluding hydrogens is 264 g/mol. The van der Waals surface area contributed by atoms with Crippen LogP contribution in [0.1, 0.15) is 5.56 Å². The fourth-order valence-electron chi connectivity index (χ4n) is 3.29. The Hall–Kier alpha value is -0.806. The van der Waals surface area contributed by atoms with Gasteiger partial charge >= 0.3 is 0 Å². The van der Waals surface area contributed by atoms with Crippen molar-refractivity contribution in [3.8, 4) is 0 Å². The van der Waals surface area contributed by atoms with Gasteiger partial charge in [0.2, 0.25) is 0 Å². The molecule has 0 heterocycles. The van der Waals surface area contributed by atoms with E-state index in [0.717, 1.165) is 0 Å². The summed E-state index contributed by atoms with van der Waals surface area (Å²) in [5.41, 5.74) is 2.72. The minimum absolute atomic E-state index is 0.697. The average molecular weight is 293 g/mol. The summed E-state index contributed by atoms with van der Waals surface area (Å²) in [6, 6.07) is 10.7. The molecular formula is C16H28OSi2. The summed E-state index contributed by atoms with van der Waals surface area (Å²) >= 11 is 0. The number of ether oxygens (including phenoxy) is 1. The Morgan fingerprint density at radius 1 is 0.947 bits per heavy atom. The zero-order valence-corrected chi connectivity index (χ0v) is 15.4. The quantitative estimate of drug-likeness (QED) is 0.531. The molecule has 0 aromatic heterocycles. The molecule has 0 atom stereocenters. The molecule has 0 N–H and O–H groups in total. The number of methoxy groups -OCH3 is 1. The molecule has 0 amide bonds. The maximum absolute atomic E-state index is 5.41. The fourth-order valence-corrected chi connectivity index (χ4v) is 16.0. The summed E-state index contributed by atoms with van der Waals surface area (Å²) in [6.45, 7) is 14.8. The molecule has 0 saturated carbocycles. The Kier molecular flexibility index (Phi) is 5.21. The van der Waals surface area contributed by atoms with Crippen LogP contribution in [0.15, 0.2) is 36.6 Å². The van der Waals surface area contributed by atoms with Gasteiger partial charge in [0.1, 0.15) is 0 Å². The van der Waals surface area contributed by atoms with Crippen molar-refractivity contribution < 1.29 is 4.74 Å². The summed E-state index contributed by atoms with van der Waals surface area (Å²) in [6.07, 6.45) is 1.98. The number of rotatable bonds is 5. The molecule has 0 unspecified atom stereocenters. The molecule has 0 aliphatic carbocycles. The first-order chi connectivity index (χ1) is 8.68. The molecule has 0 saturated heterocycles. The molecule has 0 fully saturated rings. The summed E-state index contributed by atoms with van der Waals surface area (Å²) < 4.78 is 5.41. The van der Waals surface area contributed by atoms with Gasteiger partial charge in [-0.3, -0.25) is 0 Å². The van der Waals surface area contributed by atoms with Crippen LogP contribution in [-0.2, 0) is 4.74 Å². The monoisotopic (exact) mass is 292 g/mol. The highest BCUT2D eigenvalue weighted by Crippen LogP contribution is 2.43. The Bertz CT molecular complexity index is 410. The molecule has 0 aliphatic rings. The average Bonchev–Trinajstić information content (AvgIpc) is 2.26. The van der Waals surface area contributed by atoms with Gasteiger partial charge < -0.3 is 4.74 Å². The predicted octanol–water partition coefficient (Wildman–Crippen LogP) is 5.26. The zero-order chi connectivity index (χ0) is 14.7. The third kappa shape index (κ3) is 4.35. The molecule has 1 aromatic rings. The molecule has 0 radical (unpaired) electrons. The van der Waals surface area contributed by atoms with Crippen molar-refractivity contribution in [1.29, 1.82) is 0 Å². The van der Waals surface area contributed by atoms with Crippen LogP contribution in [0, 0.1) is 0 Å². The molecule has 1 rings (SSSR count). The van der Waals surface area contributed by atoms with Gasteiger partial charge in [-0.15, -0.1) is 0 Å². The highest BCUT2D eigenvalue weighted by molar-refractivity contribution is 6.98. The van der Waals surface area contributed by atoms with Crippen LogP contribution in [0.4, 0.5) is 0 Å². The van der Waals surface area contributed by atoms with Crippen LogP contribution in [0.25, 0.3) is 5.57 Å². The Labute approximate surface area is 120 Å². The maximum atomic E-state index is 5.41. The minimum Gasteiger partial charge on any atom is -0.504 e. The largest absolute Gasteiger partial charge is 0.504 e. The lowest BCUT2D eigenvalue weighted by Crippen LogP contribution is -2.44.